The van der Waals surface area contributed by atoms with Gasteiger partial charge in [-0.15, -0.1) is 0 Å². The van der Waals surface area contributed by atoms with Gasteiger partial charge >= 0.3 is 0 Å². The molecule has 0 amide bonds. The van der Waals surface area contributed by atoms with Crippen molar-refractivity contribution in [2.75, 3.05) is 13.2 Å². The second kappa shape index (κ2) is 6.57. The topological polar surface area (TPSA) is 35.2 Å². The Bertz CT molecular complexity index is 260. The predicted octanol–water partition coefficient (Wildman–Crippen LogP) is 2.25. The smallest absolute Gasteiger partial charge is 0.0719 e. The standard InChI is InChI=1S/C12H19NO/c1-11-6-2-3-7-12(11)10-14-9-5-4-8-13/h2-3,6-7H,4-5,8-10,13H2,1H3. The van der Waals surface area contributed by atoms with Crippen LogP contribution in [0.15, 0.2) is 24.3 Å². The molecule has 0 aromatic heterocycles. The summed E-state index contributed by atoms with van der Waals surface area (Å²) < 4.78 is 5.55. The van der Waals surface area contributed by atoms with E-state index < -0.39 is 0 Å². The van der Waals surface area contributed by atoms with Gasteiger partial charge in [0.1, 0.15) is 0 Å². The van der Waals surface area contributed by atoms with Crippen LogP contribution in [0.25, 0.3) is 0 Å². The average molecular weight is 193 g/mol. The van der Waals surface area contributed by atoms with E-state index in [1.807, 2.05) is 12.1 Å². The Balaban J connectivity index is 2.21. The second-order valence-corrected chi connectivity index (χ2v) is 3.47. The quantitative estimate of drug-likeness (QED) is 0.703. The summed E-state index contributed by atoms with van der Waals surface area (Å²) in [5, 5.41) is 0. The van der Waals surface area contributed by atoms with Crippen LogP contribution in [0.5, 0.6) is 0 Å². The van der Waals surface area contributed by atoms with Crippen molar-refractivity contribution >= 4 is 0 Å². The maximum atomic E-state index is 5.55. The van der Waals surface area contributed by atoms with E-state index in [4.69, 9.17) is 10.5 Å². The van der Waals surface area contributed by atoms with Gasteiger partial charge in [-0.1, -0.05) is 24.3 Å². The van der Waals surface area contributed by atoms with Crippen LogP contribution in [0.3, 0.4) is 0 Å². The Hall–Kier alpha value is -0.860. The van der Waals surface area contributed by atoms with E-state index in [0.717, 1.165) is 32.6 Å². The lowest BCUT2D eigenvalue weighted by Crippen LogP contribution is -2.02. The van der Waals surface area contributed by atoms with Crippen molar-refractivity contribution < 1.29 is 4.74 Å². The Morgan fingerprint density at radius 3 is 2.71 bits per heavy atom. The lowest BCUT2D eigenvalue weighted by molar-refractivity contribution is 0.117. The van der Waals surface area contributed by atoms with Gasteiger partial charge in [0.25, 0.3) is 0 Å². The van der Waals surface area contributed by atoms with Crippen molar-refractivity contribution in [1.82, 2.24) is 0 Å². The lowest BCUT2D eigenvalue weighted by Gasteiger charge is -2.06. The summed E-state index contributed by atoms with van der Waals surface area (Å²) >= 11 is 0. The normalized spacial score (nSPS) is 10.4. The minimum Gasteiger partial charge on any atom is -0.377 e. The average Bonchev–Trinajstić information content (AvgIpc) is 2.20. The Labute approximate surface area is 86.1 Å². The van der Waals surface area contributed by atoms with Gasteiger partial charge < -0.3 is 10.5 Å². The van der Waals surface area contributed by atoms with Crippen LogP contribution in [0.1, 0.15) is 24.0 Å². The summed E-state index contributed by atoms with van der Waals surface area (Å²) in [5.41, 5.74) is 7.97. The van der Waals surface area contributed by atoms with Crippen molar-refractivity contribution in [2.24, 2.45) is 5.73 Å². The van der Waals surface area contributed by atoms with Gasteiger partial charge in [-0.3, -0.25) is 0 Å². The van der Waals surface area contributed by atoms with Gasteiger partial charge in [-0.25, -0.2) is 0 Å². The van der Waals surface area contributed by atoms with Crippen LogP contribution in [-0.2, 0) is 11.3 Å². The molecule has 2 nitrogen and oxygen atoms in total. The maximum absolute atomic E-state index is 5.55. The molecule has 1 aromatic carbocycles. The summed E-state index contributed by atoms with van der Waals surface area (Å²) in [6, 6.07) is 8.32. The second-order valence-electron chi connectivity index (χ2n) is 3.47. The molecule has 0 fully saturated rings. The van der Waals surface area contributed by atoms with Crippen LogP contribution < -0.4 is 5.73 Å². The number of ether oxygens (including phenoxy) is 1. The molecular weight excluding hydrogens is 174 g/mol. The summed E-state index contributed by atoms with van der Waals surface area (Å²) in [6.45, 7) is 4.40. The van der Waals surface area contributed by atoms with Crippen LogP contribution in [0, 0.1) is 6.92 Å². The molecule has 2 heteroatoms. The molecule has 0 heterocycles. The number of benzene rings is 1. The predicted molar refractivity (Wildman–Crippen MR) is 59.1 cm³/mol. The van der Waals surface area contributed by atoms with Gasteiger partial charge in [-0.05, 0) is 37.4 Å². The zero-order valence-electron chi connectivity index (χ0n) is 8.83. The fourth-order valence-corrected chi connectivity index (χ4v) is 1.30. The van der Waals surface area contributed by atoms with Gasteiger partial charge in [0.05, 0.1) is 6.61 Å². The SMILES string of the molecule is Cc1ccccc1COCCCCN. The highest BCUT2D eigenvalue weighted by atomic mass is 16.5. The Kier molecular flexibility index (Phi) is 5.27. The van der Waals surface area contributed by atoms with Crippen LogP contribution in [-0.4, -0.2) is 13.2 Å². The van der Waals surface area contributed by atoms with Crippen molar-refractivity contribution in [3.63, 3.8) is 0 Å². The van der Waals surface area contributed by atoms with E-state index in [0.29, 0.717) is 0 Å². The number of rotatable bonds is 6. The lowest BCUT2D eigenvalue weighted by atomic mass is 10.1. The van der Waals surface area contributed by atoms with E-state index in [-0.39, 0.29) is 0 Å². The highest BCUT2D eigenvalue weighted by Gasteiger charge is 1.96. The molecule has 2 N–H and O–H groups in total. The van der Waals surface area contributed by atoms with Crippen LogP contribution in [0.4, 0.5) is 0 Å². The van der Waals surface area contributed by atoms with Crippen molar-refractivity contribution in [3.05, 3.63) is 35.4 Å². The molecule has 0 spiro atoms. The zero-order valence-corrected chi connectivity index (χ0v) is 8.83. The number of aryl methyl sites for hydroxylation is 1. The molecule has 0 saturated carbocycles. The third-order valence-electron chi connectivity index (χ3n) is 2.26. The first-order valence-corrected chi connectivity index (χ1v) is 5.17. The molecule has 0 radical (unpaired) electrons. The molecule has 0 bridgehead atoms. The number of unbranched alkanes of at least 4 members (excludes halogenated alkanes) is 1. The molecule has 1 aromatic rings. The molecule has 0 aliphatic rings. The van der Waals surface area contributed by atoms with Crippen molar-refractivity contribution in [2.45, 2.75) is 26.4 Å². The van der Waals surface area contributed by atoms with E-state index in [1.165, 1.54) is 11.1 Å². The fraction of sp³-hybridized carbons (Fsp3) is 0.500. The first kappa shape index (κ1) is 11.2. The first-order chi connectivity index (χ1) is 6.84. The van der Waals surface area contributed by atoms with E-state index >= 15 is 0 Å². The first-order valence-electron chi connectivity index (χ1n) is 5.17. The molecule has 78 valence electrons. The highest BCUT2D eigenvalue weighted by Crippen LogP contribution is 2.08. The van der Waals surface area contributed by atoms with Crippen molar-refractivity contribution in [3.8, 4) is 0 Å². The van der Waals surface area contributed by atoms with E-state index in [9.17, 15) is 0 Å². The molecule has 14 heavy (non-hydrogen) atoms. The number of hydrogen-bond acceptors (Lipinski definition) is 2. The molecule has 0 atom stereocenters. The van der Waals surface area contributed by atoms with Gasteiger partial charge in [0, 0.05) is 6.61 Å². The third-order valence-corrected chi connectivity index (χ3v) is 2.26. The summed E-state index contributed by atoms with van der Waals surface area (Å²) in [5.74, 6) is 0. The summed E-state index contributed by atoms with van der Waals surface area (Å²) in [6.07, 6.45) is 2.11. The molecule has 0 saturated heterocycles. The van der Waals surface area contributed by atoms with E-state index in [1.54, 1.807) is 0 Å². The summed E-state index contributed by atoms with van der Waals surface area (Å²) in [7, 11) is 0. The number of nitrogens with two attached hydrogens (primary N) is 1. The van der Waals surface area contributed by atoms with Gasteiger partial charge in [-0.2, -0.15) is 0 Å². The zero-order chi connectivity index (χ0) is 10.2. The molecular formula is C12H19NO. The largest absolute Gasteiger partial charge is 0.377 e. The van der Waals surface area contributed by atoms with Crippen LogP contribution in [0.2, 0.25) is 0 Å². The van der Waals surface area contributed by atoms with E-state index in [2.05, 4.69) is 19.1 Å². The molecule has 0 aliphatic carbocycles. The summed E-state index contributed by atoms with van der Waals surface area (Å²) in [4.78, 5) is 0. The monoisotopic (exact) mass is 193 g/mol. The minimum atomic E-state index is 0.719. The highest BCUT2D eigenvalue weighted by molar-refractivity contribution is 5.24. The third kappa shape index (κ3) is 3.90. The van der Waals surface area contributed by atoms with Crippen LogP contribution >= 0.6 is 0 Å². The van der Waals surface area contributed by atoms with Gasteiger partial charge in [0.2, 0.25) is 0 Å². The molecule has 1 rings (SSSR count). The maximum Gasteiger partial charge on any atom is 0.0719 e. The van der Waals surface area contributed by atoms with Gasteiger partial charge in [0.15, 0.2) is 0 Å². The minimum absolute atomic E-state index is 0.719. The molecule has 0 unspecified atom stereocenters. The number of hydrogen-bond donors (Lipinski definition) is 1. The Morgan fingerprint density at radius 1 is 1.21 bits per heavy atom. The Morgan fingerprint density at radius 2 is 2.00 bits per heavy atom. The molecule has 0 aliphatic heterocycles. The fourth-order valence-electron chi connectivity index (χ4n) is 1.30. The van der Waals surface area contributed by atoms with Crippen molar-refractivity contribution in [1.29, 1.82) is 0 Å².